The number of halogens is 1. The Labute approximate surface area is 123 Å². The molecule has 0 unspecified atom stereocenters. The zero-order valence-electron chi connectivity index (χ0n) is 11.8. The molecule has 0 heterocycles. The monoisotopic (exact) mass is 288 g/mol. The maximum atomic E-state index is 12.8. The van der Waals surface area contributed by atoms with E-state index in [-0.39, 0.29) is 24.6 Å². The minimum atomic E-state index is -0.353. The number of carbonyl (C=O) groups excluding carboxylic acids is 1. The summed E-state index contributed by atoms with van der Waals surface area (Å²) in [6.07, 6.45) is 0.228. The third kappa shape index (κ3) is 4.31. The van der Waals surface area contributed by atoms with Gasteiger partial charge in [-0.3, -0.25) is 4.79 Å². The quantitative estimate of drug-likeness (QED) is 0.725. The van der Waals surface area contributed by atoms with Gasteiger partial charge in [0.05, 0.1) is 13.2 Å². The van der Waals surface area contributed by atoms with E-state index in [2.05, 4.69) is 0 Å². The average Bonchev–Trinajstić information content (AvgIpc) is 2.50. The number of carbonyl (C=O) groups is 1. The second kappa shape index (κ2) is 7.43. The van der Waals surface area contributed by atoms with E-state index in [0.717, 1.165) is 0 Å². The SMILES string of the molecule is CCOc1ccccc1OCCC(=O)c1ccc(F)cc1. The van der Waals surface area contributed by atoms with Gasteiger partial charge in [0.25, 0.3) is 0 Å². The molecule has 0 amide bonds. The van der Waals surface area contributed by atoms with Crippen LogP contribution in [0.25, 0.3) is 0 Å². The molecule has 0 spiro atoms. The lowest BCUT2D eigenvalue weighted by molar-refractivity contribution is 0.0961. The fourth-order valence-corrected chi connectivity index (χ4v) is 1.88. The van der Waals surface area contributed by atoms with Crippen molar-refractivity contribution in [3.63, 3.8) is 0 Å². The van der Waals surface area contributed by atoms with Gasteiger partial charge in [-0.2, -0.15) is 0 Å². The molecule has 0 saturated carbocycles. The van der Waals surface area contributed by atoms with Crippen LogP contribution >= 0.6 is 0 Å². The minimum Gasteiger partial charge on any atom is -0.490 e. The Bertz CT molecular complexity index is 593. The Morgan fingerprint density at radius 1 is 1.00 bits per heavy atom. The van der Waals surface area contributed by atoms with Crippen molar-refractivity contribution in [1.82, 2.24) is 0 Å². The van der Waals surface area contributed by atoms with Crippen molar-refractivity contribution in [1.29, 1.82) is 0 Å². The highest BCUT2D eigenvalue weighted by Gasteiger charge is 2.08. The largest absolute Gasteiger partial charge is 0.490 e. The molecule has 0 aliphatic rings. The van der Waals surface area contributed by atoms with Crippen molar-refractivity contribution >= 4 is 5.78 Å². The van der Waals surface area contributed by atoms with Gasteiger partial charge < -0.3 is 9.47 Å². The number of rotatable bonds is 7. The van der Waals surface area contributed by atoms with E-state index in [0.29, 0.717) is 23.7 Å². The molecule has 21 heavy (non-hydrogen) atoms. The lowest BCUT2D eigenvalue weighted by Gasteiger charge is -2.11. The molecular weight excluding hydrogens is 271 g/mol. The van der Waals surface area contributed by atoms with Gasteiger partial charge in [0.2, 0.25) is 0 Å². The van der Waals surface area contributed by atoms with Gasteiger partial charge in [0.15, 0.2) is 17.3 Å². The molecule has 0 bridgehead atoms. The summed E-state index contributed by atoms with van der Waals surface area (Å²) in [6, 6.07) is 12.8. The molecule has 0 N–H and O–H groups in total. The van der Waals surface area contributed by atoms with E-state index >= 15 is 0 Å². The van der Waals surface area contributed by atoms with Crippen molar-refractivity contribution < 1.29 is 18.7 Å². The molecule has 4 heteroatoms. The Kier molecular flexibility index (Phi) is 5.32. The van der Waals surface area contributed by atoms with Gasteiger partial charge in [0.1, 0.15) is 5.82 Å². The van der Waals surface area contributed by atoms with Gasteiger partial charge in [0, 0.05) is 12.0 Å². The van der Waals surface area contributed by atoms with Crippen molar-refractivity contribution in [3.8, 4) is 11.5 Å². The highest BCUT2D eigenvalue weighted by Crippen LogP contribution is 2.26. The van der Waals surface area contributed by atoms with E-state index < -0.39 is 0 Å². The normalized spacial score (nSPS) is 10.2. The van der Waals surface area contributed by atoms with E-state index in [9.17, 15) is 9.18 Å². The number of hydrogen-bond acceptors (Lipinski definition) is 3. The summed E-state index contributed by atoms with van der Waals surface area (Å²) in [6.45, 7) is 2.70. The molecule has 0 radical (unpaired) electrons. The number of para-hydroxylation sites is 2. The fraction of sp³-hybridized carbons (Fsp3) is 0.235. The standard InChI is InChI=1S/C17H17FO3/c1-2-20-16-5-3-4-6-17(16)21-12-11-15(19)13-7-9-14(18)10-8-13/h3-10H,2,11-12H2,1H3. The van der Waals surface area contributed by atoms with Gasteiger partial charge in [-0.15, -0.1) is 0 Å². The predicted molar refractivity (Wildman–Crippen MR) is 78.5 cm³/mol. The highest BCUT2D eigenvalue weighted by atomic mass is 19.1. The molecule has 0 saturated heterocycles. The molecular formula is C17H17FO3. The molecule has 2 rings (SSSR count). The summed E-state index contributed by atoms with van der Waals surface area (Å²) in [5, 5.41) is 0. The van der Waals surface area contributed by atoms with Crippen LogP contribution in [-0.4, -0.2) is 19.0 Å². The van der Waals surface area contributed by atoms with Gasteiger partial charge in [-0.05, 0) is 43.3 Å². The minimum absolute atomic E-state index is 0.0797. The molecule has 0 atom stereocenters. The number of ether oxygens (including phenoxy) is 2. The van der Waals surface area contributed by atoms with Crippen LogP contribution in [-0.2, 0) is 0 Å². The van der Waals surface area contributed by atoms with Crippen molar-refractivity contribution in [2.24, 2.45) is 0 Å². The zero-order valence-corrected chi connectivity index (χ0v) is 11.8. The third-order valence-corrected chi connectivity index (χ3v) is 2.90. The third-order valence-electron chi connectivity index (χ3n) is 2.90. The van der Waals surface area contributed by atoms with Crippen molar-refractivity contribution in [2.75, 3.05) is 13.2 Å². The van der Waals surface area contributed by atoms with Crippen LogP contribution in [0.2, 0.25) is 0 Å². The van der Waals surface area contributed by atoms with Crippen molar-refractivity contribution in [2.45, 2.75) is 13.3 Å². The van der Waals surface area contributed by atoms with Gasteiger partial charge >= 0.3 is 0 Å². The van der Waals surface area contributed by atoms with Crippen LogP contribution < -0.4 is 9.47 Å². The molecule has 2 aromatic carbocycles. The van der Waals surface area contributed by atoms with E-state index in [1.54, 1.807) is 6.07 Å². The Hall–Kier alpha value is -2.36. The van der Waals surface area contributed by atoms with Gasteiger partial charge in [-0.1, -0.05) is 12.1 Å². The lowest BCUT2D eigenvalue weighted by Crippen LogP contribution is -2.07. The van der Waals surface area contributed by atoms with Crippen LogP contribution in [0.3, 0.4) is 0 Å². The summed E-state index contributed by atoms with van der Waals surface area (Å²) in [5.74, 6) is 0.845. The lowest BCUT2D eigenvalue weighted by atomic mass is 10.1. The number of ketones is 1. The predicted octanol–water partition coefficient (Wildman–Crippen LogP) is 3.88. The number of benzene rings is 2. The van der Waals surface area contributed by atoms with E-state index in [4.69, 9.17) is 9.47 Å². The first-order valence-corrected chi connectivity index (χ1v) is 6.84. The maximum absolute atomic E-state index is 12.8. The topological polar surface area (TPSA) is 35.5 Å². The molecule has 110 valence electrons. The molecule has 0 fully saturated rings. The Balaban J connectivity index is 1.89. The van der Waals surface area contributed by atoms with Crippen LogP contribution in [0.1, 0.15) is 23.7 Å². The molecule has 2 aromatic rings. The van der Waals surface area contributed by atoms with Crippen LogP contribution in [0.5, 0.6) is 11.5 Å². The summed E-state index contributed by atoms with van der Waals surface area (Å²) in [5.41, 5.74) is 0.484. The number of Topliss-reactive ketones (excluding diaryl/α,β-unsaturated/α-hetero) is 1. The number of hydrogen-bond donors (Lipinski definition) is 0. The van der Waals surface area contributed by atoms with E-state index in [1.165, 1.54) is 24.3 Å². The maximum Gasteiger partial charge on any atom is 0.166 e. The summed E-state index contributed by atoms with van der Waals surface area (Å²) >= 11 is 0. The molecule has 3 nitrogen and oxygen atoms in total. The molecule has 0 aromatic heterocycles. The first-order valence-electron chi connectivity index (χ1n) is 6.84. The first-order chi connectivity index (χ1) is 10.2. The zero-order chi connectivity index (χ0) is 15.1. The van der Waals surface area contributed by atoms with Crippen molar-refractivity contribution in [3.05, 3.63) is 59.9 Å². The summed E-state index contributed by atoms with van der Waals surface area (Å²) < 4.78 is 23.8. The Morgan fingerprint density at radius 2 is 1.62 bits per heavy atom. The van der Waals surface area contributed by atoms with Crippen LogP contribution in [0.4, 0.5) is 4.39 Å². The summed E-state index contributed by atoms with van der Waals surface area (Å²) in [7, 11) is 0. The van der Waals surface area contributed by atoms with E-state index in [1.807, 2.05) is 25.1 Å². The van der Waals surface area contributed by atoms with Gasteiger partial charge in [-0.25, -0.2) is 4.39 Å². The highest BCUT2D eigenvalue weighted by molar-refractivity contribution is 5.96. The van der Waals surface area contributed by atoms with Crippen LogP contribution in [0.15, 0.2) is 48.5 Å². The second-order valence-corrected chi connectivity index (χ2v) is 4.41. The Morgan fingerprint density at radius 3 is 2.24 bits per heavy atom. The molecule has 0 aliphatic heterocycles. The summed E-state index contributed by atoms with van der Waals surface area (Å²) in [4.78, 5) is 11.9. The smallest absolute Gasteiger partial charge is 0.166 e. The molecule has 0 aliphatic carbocycles. The van der Waals surface area contributed by atoms with Crippen LogP contribution in [0, 0.1) is 5.82 Å². The first kappa shape index (κ1) is 15.0. The second-order valence-electron chi connectivity index (χ2n) is 4.41. The fourth-order valence-electron chi connectivity index (χ4n) is 1.88. The average molecular weight is 288 g/mol.